The topological polar surface area (TPSA) is 97.0 Å². The van der Waals surface area contributed by atoms with Crippen LogP contribution in [0.1, 0.15) is 12.5 Å². The van der Waals surface area contributed by atoms with Gasteiger partial charge in [-0.1, -0.05) is 12.1 Å². The summed E-state index contributed by atoms with van der Waals surface area (Å²) in [5.41, 5.74) is -0.139. The number of urea groups is 1. The van der Waals surface area contributed by atoms with Crippen molar-refractivity contribution in [3.8, 4) is 11.5 Å². The van der Waals surface area contributed by atoms with Gasteiger partial charge in [0, 0.05) is 10.6 Å². The van der Waals surface area contributed by atoms with Crippen LogP contribution in [0.3, 0.4) is 0 Å². The van der Waals surface area contributed by atoms with E-state index >= 15 is 0 Å². The second-order valence-corrected chi connectivity index (χ2v) is 7.67. The van der Waals surface area contributed by atoms with E-state index in [2.05, 4.69) is 10.6 Å². The Balaban J connectivity index is 1.49. The lowest BCUT2D eigenvalue weighted by atomic mass is 9.91. The number of imide groups is 1. The lowest BCUT2D eigenvalue weighted by molar-refractivity contribution is -0.133. The summed E-state index contributed by atoms with van der Waals surface area (Å²) >= 11 is 1.55. The number of nitrogens with one attached hydrogen (secondary N) is 2. The average Bonchev–Trinajstić information content (AvgIpc) is 3.26. The number of ether oxygens (including phenoxy) is 2. The molecule has 2 aromatic carbocycles. The Hall–Kier alpha value is -3.20. The highest BCUT2D eigenvalue weighted by molar-refractivity contribution is 7.98. The molecule has 4 amide bonds. The SMILES string of the molecule is CSc1cccc(NC(=O)CN2C(=O)N[C@@](C)(c3ccc4c(c3)OCO4)C2=O)c1. The van der Waals surface area contributed by atoms with Crippen molar-refractivity contribution in [2.24, 2.45) is 0 Å². The molecule has 1 fully saturated rings. The van der Waals surface area contributed by atoms with Crippen molar-refractivity contribution < 1.29 is 23.9 Å². The van der Waals surface area contributed by atoms with Crippen LogP contribution < -0.4 is 20.1 Å². The smallest absolute Gasteiger partial charge is 0.325 e. The van der Waals surface area contributed by atoms with Crippen molar-refractivity contribution in [3.05, 3.63) is 48.0 Å². The predicted octanol–water partition coefficient (Wildman–Crippen LogP) is 2.54. The number of fused-ring (bicyclic) bond motifs is 1. The molecule has 1 saturated heterocycles. The van der Waals surface area contributed by atoms with Gasteiger partial charge in [0.25, 0.3) is 5.91 Å². The number of carbonyl (C=O) groups is 3. The highest BCUT2D eigenvalue weighted by Gasteiger charge is 2.49. The fourth-order valence-electron chi connectivity index (χ4n) is 3.29. The molecule has 0 spiro atoms. The number of amides is 4. The van der Waals surface area contributed by atoms with Gasteiger partial charge in [-0.25, -0.2) is 4.79 Å². The van der Waals surface area contributed by atoms with E-state index in [-0.39, 0.29) is 13.3 Å². The van der Waals surface area contributed by atoms with E-state index in [1.54, 1.807) is 43.0 Å². The Morgan fingerprint density at radius 2 is 2.00 bits per heavy atom. The molecule has 0 saturated carbocycles. The van der Waals surface area contributed by atoms with E-state index in [9.17, 15) is 14.4 Å². The summed E-state index contributed by atoms with van der Waals surface area (Å²) in [4.78, 5) is 39.8. The molecular formula is C20H19N3O5S. The third kappa shape index (κ3) is 3.49. The Morgan fingerprint density at radius 1 is 1.21 bits per heavy atom. The van der Waals surface area contributed by atoms with Crippen LogP contribution >= 0.6 is 11.8 Å². The van der Waals surface area contributed by atoms with Gasteiger partial charge >= 0.3 is 6.03 Å². The van der Waals surface area contributed by atoms with E-state index in [1.807, 2.05) is 24.5 Å². The Bertz CT molecular complexity index is 1010. The maximum atomic E-state index is 13.0. The van der Waals surface area contributed by atoms with Crippen molar-refractivity contribution >= 4 is 35.3 Å². The summed E-state index contributed by atoms with van der Waals surface area (Å²) in [6.07, 6.45) is 1.94. The quantitative estimate of drug-likeness (QED) is 0.578. The highest BCUT2D eigenvalue weighted by atomic mass is 32.2. The molecule has 1 atom stereocenters. The zero-order valence-electron chi connectivity index (χ0n) is 15.9. The minimum atomic E-state index is -1.29. The molecule has 2 aliphatic heterocycles. The molecule has 2 heterocycles. The number of nitrogens with zero attached hydrogens (tertiary/aromatic N) is 1. The number of hydrogen-bond donors (Lipinski definition) is 2. The van der Waals surface area contributed by atoms with Crippen LogP contribution in [-0.4, -0.2) is 42.3 Å². The molecule has 0 aliphatic carbocycles. The number of hydrogen-bond acceptors (Lipinski definition) is 6. The Morgan fingerprint density at radius 3 is 2.79 bits per heavy atom. The van der Waals surface area contributed by atoms with Gasteiger partial charge in [-0.2, -0.15) is 0 Å². The van der Waals surface area contributed by atoms with Crippen LogP contribution in [0.25, 0.3) is 0 Å². The van der Waals surface area contributed by atoms with Crippen molar-refractivity contribution in [1.82, 2.24) is 10.2 Å². The third-order valence-corrected chi connectivity index (χ3v) is 5.61. The zero-order valence-corrected chi connectivity index (χ0v) is 16.7. The Labute approximate surface area is 171 Å². The second kappa shape index (κ2) is 7.32. The van der Waals surface area contributed by atoms with Crippen LogP contribution in [0.2, 0.25) is 0 Å². The summed E-state index contributed by atoms with van der Waals surface area (Å²) in [5.74, 6) is 0.129. The highest BCUT2D eigenvalue weighted by Crippen LogP contribution is 2.37. The zero-order chi connectivity index (χ0) is 20.6. The fourth-order valence-corrected chi connectivity index (χ4v) is 3.75. The van der Waals surface area contributed by atoms with Gasteiger partial charge in [-0.3, -0.25) is 14.5 Å². The van der Waals surface area contributed by atoms with Gasteiger partial charge in [-0.15, -0.1) is 11.8 Å². The predicted molar refractivity (Wildman–Crippen MR) is 107 cm³/mol. The number of thioether (sulfide) groups is 1. The normalized spacial score (nSPS) is 20.0. The summed E-state index contributed by atoms with van der Waals surface area (Å²) in [6, 6.07) is 11.8. The van der Waals surface area contributed by atoms with E-state index < -0.39 is 23.4 Å². The van der Waals surface area contributed by atoms with E-state index in [1.165, 1.54) is 0 Å². The molecule has 9 heteroatoms. The van der Waals surface area contributed by atoms with Gasteiger partial charge in [0.2, 0.25) is 12.7 Å². The van der Waals surface area contributed by atoms with Crippen molar-refractivity contribution in [2.75, 3.05) is 24.9 Å². The average molecular weight is 413 g/mol. The van der Waals surface area contributed by atoms with Crippen molar-refractivity contribution in [3.63, 3.8) is 0 Å². The van der Waals surface area contributed by atoms with Gasteiger partial charge in [-0.05, 0) is 49.1 Å². The molecule has 29 heavy (non-hydrogen) atoms. The van der Waals surface area contributed by atoms with Crippen molar-refractivity contribution in [1.29, 1.82) is 0 Å². The van der Waals surface area contributed by atoms with Crippen LogP contribution in [0.4, 0.5) is 10.5 Å². The molecule has 0 aromatic heterocycles. The molecule has 0 bridgehead atoms. The first-order valence-corrected chi connectivity index (χ1v) is 10.1. The van der Waals surface area contributed by atoms with Crippen molar-refractivity contribution in [2.45, 2.75) is 17.4 Å². The number of benzene rings is 2. The van der Waals surface area contributed by atoms with Gasteiger partial charge < -0.3 is 20.1 Å². The van der Waals surface area contributed by atoms with E-state index in [4.69, 9.17) is 9.47 Å². The second-order valence-electron chi connectivity index (χ2n) is 6.79. The molecule has 8 nitrogen and oxygen atoms in total. The maximum Gasteiger partial charge on any atom is 0.325 e. The van der Waals surface area contributed by atoms with Crippen LogP contribution in [0.15, 0.2) is 47.4 Å². The number of rotatable bonds is 5. The first kappa shape index (κ1) is 19.1. The molecule has 2 aliphatic rings. The fraction of sp³-hybridized carbons (Fsp3) is 0.250. The van der Waals surface area contributed by atoms with Crippen LogP contribution in [0.5, 0.6) is 11.5 Å². The minimum absolute atomic E-state index is 0.111. The van der Waals surface area contributed by atoms with Crippen LogP contribution in [0, 0.1) is 0 Å². The standard InChI is InChI=1S/C20H19N3O5S/c1-20(12-6-7-15-16(8-12)28-11-27-15)18(25)23(19(26)22-20)10-17(24)21-13-4-3-5-14(9-13)29-2/h3-9H,10-11H2,1-2H3,(H,21,24)(H,22,26)/t20-/m0/s1. The number of anilines is 1. The molecule has 4 rings (SSSR count). The maximum absolute atomic E-state index is 13.0. The monoisotopic (exact) mass is 413 g/mol. The molecular weight excluding hydrogens is 394 g/mol. The lowest BCUT2D eigenvalue weighted by Gasteiger charge is -2.22. The third-order valence-electron chi connectivity index (χ3n) is 4.88. The first-order valence-electron chi connectivity index (χ1n) is 8.89. The lowest BCUT2D eigenvalue weighted by Crippen LogP contribution is -2.42. The Kier molecular flexibility index (Phi) is 4.83. The summed E-state index contributed by atoms with van der Waals surface area (Å²) in [7, 11) is 0. The van der Waals surface area contributed by atoms with Crippen LogP contribution in [-0.2, 0) is 15.1 Å². The largest absolute Gasteiger partial charge is 0.454 e. The van der Waals surface area contributed by atoms with Gasteiger partial charge in [0.15, 0.2) is 11.5 Å². The van der Waals surface area contributed by atoms with Gasteiger partial charge in [0.05, 0.1) is 0 Å². The molecule has 2 N–H and O–H groups in total. The minimum Gasteiger partial charge on any atom is -0.454 e. The summed E-state index contributed by atoms with van der Waals surface area (Å²) in [5, 5.41) is 5.41. The summed E-state index contributed by atoms with van der Waals surface area (Å²) < 4.78 is 10.6. The number of carbonyl (C=O) groups excluding carboxylic acids is 3. The molecule has 0 unspecified atom stereocenters. The van der Waals surface area contributed by atoms with Gasteiger partial charge in [0.1, 0.15) is 12.1 Å². The first-order chi connectivity index (χ1) is 13.9. The molecule has 150 valence electrons. The van der Waals surface area contributed by atoms with E-state index in [0.29, 0.717) is 22.7 Å². The molecule has 0 radical (unpaired) electrons. The van der Waals surface area contributed by atoms with E-state index in [0.717, 1.165) is 9.80 Å². The molecule has 2 aromatic rings. The summed E-state index contributed by atoms with van der Waals surface area (Å²) in [6.45, 7) is 1.33.